The Morgan fingerprint density at radius 1 is 1.00 bits per heavy atom. The number of benzene rings is 1. The fourth-order valence-corrected chi connectivity index (χ4v) is 5.15. The second-order valence-electron chi connectivity index (χ2n) is 4.39. The summed E-state index contributed by atoms with van der Waals surface area (Å²) >= 11 is 0. The molecular weight excluding hydrogens is 291 g/mol. The molecule has 0 amide bonds. The molecule has 0 aromatic heterocycles. The maximum atomic E-state index is 3.79. The van der Waals surface area contributed by atoms with E-state index in [1.165, 1.54) is 35.8 Å². The van der Waals surface area contributed by atoms with Gasteiger partial charge in [0.2, 0.25) is 0 Å². The monoisotopic (exact) mass is 314 g/mol. The van der Waals surface area contributed by atoms with Gasteiger partial charge in [-0.1, -0.05) is 36.9 Å². The summed E-state index contributed by atoms with van der Waals surface area (Å²) in [4.78, 5) is 0. The Bertz CT molecular complexity index is 317. The van der Waals surface area contributed by atoms with Crippen LogP contribution in [-0.4, -0.2) is 18.5 Å². The van der Waals surface area contributed by atoms with Crippen LogP contribution in [0.3, 0.4) is 0 Å². The van der Waals surface area contributed by atoms with Crippen LogP contribution in [0, 0.1) is 0 Å². The molecule has 0 fully saturated rings. The van der Waals surface area contributed by atoms with Crippen LogP contribution < -0.4 is 17.0 Å². The molecule has 0 saturated heterocycles. The average Bonchev–Trinajstić information content (AvgIpc) is 2.37. The summed E-state index contributed by atoms with van der Waals surface area (Å²) in [5.41, 5.74) is 2.72. The van der Waals surface area contributed by atoms with Crippen LogP contribution in [0.4, 0.5) is 0 Å². The lowest BCUT2D eigenvalue weighted by atomic mass is 10.1. The maximum absolute atomic E-state index is 3.79. The summed E-state index contributed by atoms with van der Waals surface area (Å²) in [6.07, 6.45) is 7.36. The standard InChI is InChI=1S/C15H24P.BrH/c1-5-14-9-11-15(12-10-14)13-16(6-2,7-3)8-4;/h5,9-12H,1,6-8,13H2,2-4H3;1H/q+1;/p-1. The van der Waals surface area contributed by atoms with Crippen molar-refractivity contribution in [3.8, 4) is 0 Å². The van der Waals surface area contributed by atoms with Gasteiger partial charge in [-0.05, 0) is 31.9 Å². The second-order valence-corrected chi connectivity index (χ2v) is 9.29. The highest BCUT2D eigenvalue weighted by molar-refractivity contribution is 7.75. The van der Waals surface area contributed by atoms with Crippen LogP contribution in [-0.2, 0) is 6.16 Å². The minimum Gasteiger partial charge on any atom is -1.00 e. The van der Waals surface area contributed by atoms with E-state index in [9.17, 15) is 0 Å². The molecule has 0 spiro atoms. The van der Waals surface area contributed by atoms with Gasteiger partial charge in [0, 0.05) is 7.26 Å². The highest BCUT2D eigenvalue weighted by atomic mass is 79.9. The van der Waals surface area contributed by atoms with Crippen LogP contribution in [0.15, 0.2) is 30.8 Å². The summed E-state index contributed by atoms with van der Waals surface area (Å²) in [5.74, 6) is 0. The van der Waals surface area contributed by atoms with Crippen molar-refractivity contribution in [2.75, 3.05) is 18.5 Å². The average molecular weight is 315 g/mol. The Morgan fingerprint density at radius 2 is 1.47 bits per heavy atom. The van der Waals surface area contributed by atoms with Gasteiger partial charge >= 0.3 is 0 Å². The van der Waals surface area contributed by atoms with Gasteiger partial charge in [-0.25, -0.2) is 0 Å². The van der Waals surface area contributed by atoms with Crippen LogP contribution >= 0.6 is 7.26 Å². The highest BCUT2D eigenvalue weighted by Gasteiger charge is 2.30. The third-order valence-corrected chi connectivity index (χ3v) is 8.81. The van der Waals surface area contributed by atoms with Crippen LogP contribution in [0.2, 0.25) is 0 Å². The first kappa shape index (κ1) is 16.9. The Kier molecular flexibility index (Phi) is 8.00. The Labute approximate surface area is 118 Å². The summed E-state index contributed by atoms with van der Waals surface area (Å²) in [6.45, 7) is 10.9. The van der Waals surface area contributed by atoms with Crippen LogP contribution in [0.5, 0.6) is 0 Å². The number of hydrogen-bond donors (Lipinski definition) is 0. The molecular formula is C15H24BrP. The summed E-state index contributed by atoms with van der Waals surface area (Å²) < 4.78 is 0. The van der Waals surface area contributed by atoms with Gasteiger partial charge in [0.05, 0.1) is 24.6 Å². The van der Waals surface area contributed by atoms with Crippen molar-refractivity contribution < 1.29 is 17.0 Å². The van der Waals surface area contributed by atoms with E-state index in [4.69, 9.17) is 0 Å². The lowest BCUT2D eigenvalue weighted by molar-refractivity contribution is -0.00000353. The molecule has 0 aliphatic heterocycles. The molecule has 0 aliphatic carbocycles. The first-order chi connectivity index (χ1) is 7.69. The van der Waals surface area contributed by atoms with E-state index in [-0.39, 0.29) is 17.0 Å². The molecule has 0 aliphatic rings. The lowest BCUT2D eigenvalue weighted by Gasteiger charge is -2.23. The minimum absolute atomic E-state index is 0. The molecule has 0 saturated carbocycles. The molecule has 17 heavy (non-hydrogen) atoms. The predicted octanol–water partition coefficient (Wildman–Crippen LogP) is 1.91. The molecule has 2 heteroatoms. The van der Waals surface area contributed by atoms with E-state index in [2.05, 4.69) is 51.6 Å². The third-order valence-electron chi connectivity index (χ3n) is 3.75. The molecule has 0 bridgehead atoms. The molecule has 1 aromatic rings. The fraction of sp³-hybridized carbons (Fsp3) is 0.467. The molecule has 1 aromatic carbocycles. The summed E-state index contributed by atoms with van der Waals surface area (Å²) in [7, 11) is -0.710. The Morgan fingerprint density at radius 3 is 1.82 bits per heavy atom. The number of hydrogen-bond acceptors (Lipinski definition) is 0. The molecule has 1 rings (SSSR count). The quantitative estimate of drug-likeness (QED) is 0.704. The van der Waals surface area contributed by atoms with Gasteiger partial charge in [0.25, 0.3) is 0 Å². The van der Waals surface area contributed by atoms with E-state index in [1.54, 1.807) is 0 Å². The first-order valence-electron chi connectivity index (χ1n) is 6.26. The van der Waals surface area contributed by atoms with Crippen molar-refractivity contribution in [3.05, 3.63) is 42.0 Å². The van der Waals surface area contributed by atoms with Gasteiger partial charge in [0.1, 0.15) is 0 Å². The summed E-state index contributed by atoms with van der Waals surface area (Å²) in [6, 6.07) is 8.90. The van der Waals surface area contributed by atoms with Crippen molar-refractivity contribution in [1.82, 2.24) is 0 Å². The van der Waals surface area contributed by atoms with E-state index in [0.29, 0.717) is 0 Å². The normalized spacial score (nSPS) is 10.8. The molecule has 0 heterocycles. The van der Waals surface area contributed by atoms with Crippen LogP contribution in [0.25, 0.3) is 6.08 Å². The van der Waals surface area contributed by atoms with Crippen molar-refractivity contribution in [3.63, 3.8) is 0 Å². The molecule has 96 valence electrons. The molecule has 0 radical (unpaired) electrons. The van der Waals surface area contributed by atoms with Crippen molar-refractivity contribution in [2.24, 2.45) is 0 Å². The molecule has 0 unspecified atom stereocenters. The smallest absolute Gasteiger partial charge is 0.0842 e. The molecule has 0 N–H and O–H groups in total. The van der Waals surface area contributed by atoms with Gasteiger partial charge < -0.3 is 17.0 Å². The minimum atomic E-state index is -0.710. The topological polar surface area (TPSA) is 0 Å². The van der Waals surface area contributed by atoms with Gasteiger partial charge in [-0.2, -0.15) is 0 Å². The van der Waals surface area contributed by atoms with E-state index >= 15 is 0 Å². The van der Waals surface area contributed by atoms with Crippen molar-refractivity contribution >= 4 is 13.3 Å². The second kappa shape index (κ2) is 8.06. The highest BCUT2D eigenvalue weighted by Crippen LogP contribution is 2.60. The number of rotatable bonds is 6. The Balaban J connectivity index is 0.00000256. The van der Waals surface area contributed by atoms with E-state index < -0.39 is 7.26 Å². The van der Waals surface area contributed by atoms with Crippen molar-refractivity contribution in [1.29, 1.82) is 0 Å². The molecule has 0 atom stereocenters. The Hall–Kier alpha value is -0.130. The van der Waals surface area contributed by atoms with Crippen molar-refractivity contribution in [2.45, 2.75) is 26.9 Å². The van der Waals surface area contributed by atoms with Gasteiger partial charge in [-0.15, -0.1) is 0 Å². The predicted molar refractivity (Wildman–Crippen MR) is 78.8 cm³/mol. The zero-order chi connectivity index (χ0) is 12.0. The van der Waals surface area contributed by atoms with Crippen LogP contribution in [0.1, 0.15) is 31.9 Å². The molecule has 0 nitrogen and oxygen atoms in total. The van der Waals surface area contributed by atoms with E-state index in [0.717, 1.165) is 0 Å². The van der Waals surface area contributed by atoms with E-state index in [1.807, 2.05) is 6.08 Å². The third kappa shape index (κ3) is 4.56. The SMILES string of the molecule is C=Cc1ccc(C[P+](CC)(CC)CC)cc1.[Br-]. The lowest BCUT2D eigenvalue weighted by Crippen LogP contribution is -3.00. The fourth-order valence-electron chi connectivity index (χ4n) is 2.15. The zero-order valence-electron chi connectivity index (χ0n) is 11.2. The van der Waals surface area contributed by atoms with Gasteiger partial charge in [0.15, 0.2) is 0 Å². The first-order valence-corrected chi connectivity index (χ1v) is 8.79. The van der Waals surface area contributed by atoms with Gasteiger partial charge in [-0.3, -0.25) is 0 Å². The maximum Gasteiger partial charge on any atom is 0.0842 e. The largest absolute Gasteiger partial charge is 1.00 e. The number of halogens is 1. The zero-order valence-corrected chi connectivity index (χ0v) is 13.7. The summed E-state index contributed by atoms with van der Waals surface area (Å²) in [5, 5.41) is 0.